The number of nitrogens with one attached hydrogen (secondary N) is 1. The van der Waals surface area contributed by atoms with Crippen LogP contribution in [-0.4, -0.2) is 29.1 Å². The highest BCUT2D eigenvalue weighted by Crippen LogP contribution is 2.17. The Morgan fingerprint density at radius 2 is 2.17 bits per heavy atom. The molecule has 0 atom stereocenters. The molecule has 0 aliphatic heterocycles. The average Bonchev–Trinajstić information content (AvgIpc) is 2.39. The first kappa shape index (κ1) is 12.7. The van der Waals surface area contributed by atoms with Crippen molar-refractivity contribution in [2.24, 2.45) is 0 Å². The number of rotatable bonds is 4. The van der Waals surface area contributed by atoms with Crippen LogP contribution in [0, 0.1) is 0 Å². The first-order valence-corrected chi connectivity index (χ1v) is 5.77. The van der Waals surface area contributed by atoms with Crippen molar-refractivity contribution in [3.8, 4) is 11.5 Å². The van der Waals surface area contributed by atoms with Gasteiger partial charge >= 0.3 is 0 Å². The first-order valence-electron chi connectivity index (χ1n) is 5.39. The van der Waals surface area contributed by atoms with Gasteiger partial charge in [-0.05, 0) is 12.1 Å². The van der Waals surface area contributed by atoms with Gasteiger partial charge in [0.1, 0.15) is 11.5 Å². The van der Waals surface area contributed by atoms with Gasteiger partial charge in [0.2, 0.25) is 0 Å². The number of hydrogen-bond donors (Lipinski definition) is 1. The van der Waals surface area contributed by atoms with Gasteiger partial charge in [-0.2, -0.15) is 0 Å². The molecule has 0 radical (unpaired) electrons. The summed E-state index contributed by atoms with van der Waals surface area (Å²) in [6, 6.07) is 5.38. The molecule has 1 N–H and O–H groups in total. The summed E-state index contributed by atoms with van der Waals surface area (Å²) in [4.78, 5) is 12.9. The second kappa shape index (κ2) is 5.75. The van der Waals surface area contributed by atoms with Crippen molar-refractivity contribution >= 4 is 17.4 Å². The highest BCUT2D eigenvalue weighted by Gasteiger charge is 2.07. The molecular formula is C12H13ClN4O. The lowest BCUT2D eigenvalue weighted by Crippen LogP contribution is -2.02. The molecule has 0 aliphatic carbocycles. The van der Waals surface area contributed by atoms with E-state index < -0.39 is 0 Å². The van der Waals surface area contributed by atoms with Crippen LogP contribution < -0.4 is 5.32 Å². The number of ether oxygens (including phenoxy) is 1. The van der Waals surface area contributed by atoms with E-state index in [-0.39, 0.29) is 0 Å². The number of nitrogens with zero attached hydrogens (tertiary/aromatic N) is 3. The third-order valence-corrected chi connectivity index (χ3v) is 2.51. The van der Waals surface area contributed by atoms with E-state index in [2.05, 4.69) is 20.3 Å². The van der Waals surface area contributed by atoms with Crippen LogP contribution in [0.15, 0.2) is 24.4 Å². The zero-order valence-electron chi connectivity index (χ0n) is 10.1. The number of halogens is 1. The summed E-state index contributed by atoms with van der Waals surface area (Å²) in [5, 5.41) is 3.57. The highest BCUT2D eigenvalue weighted by molar-refractivity contribution is 6.30. The fourth-order valence-corrected chi connectivity index (χ4v) is 1.58. The van der Waals surface area contributed by atoms with Crippen molar-refractivity contribution in [1.29, 1.82) is 0 Å². The molecule has 94 valence electrons. The van der Waals surface area contributed by atoms with Crippen LogP contribution in [0.1, 0.15) is 5.69 Å². The SMILES string of the molecule is CNc1cc(COC)nc(-c2ccc(Cl)cn2)n1. The Kier molecular flexibility index (Phi) is 4.07. The van der Waals surface area contributed by atoms with E-state index in [9.17, 15) is 0 Å². The van der Waals surface area contributed by atoms with E-state index in [4.69, 9.17) is 16.3 Å². The molecule has 0 aromatic carbocycles. The van der Waals surface area contributed by atoms with E-state index in [0.29, 0.717) is 23.1 Å². The van der Waals surface area contributed by atoms with Crippen molar-refractivity contribution in [3.05, 3.63) is 35.1 Å². The van der Waals surface area contributed by atoms with E-state index in [1.807, 2.05) is 6.07 Å². The van der Waals surface area contributed by atoms with Crippen LogP contribution in [0.25, 0.3) is 11.5 Å². The summed E-state index contributed by atoms with van der Waals surface area (Å²) in [6.45, 7) is 0.428. The Labute approximate surface area is 110 Å². The van der Waals surface area contributed by atoms with Gasteiger partial charge in [0.25, 0.3) is 0 Å². The minimum absolute atomic E-state index is 0.428. The van der Waals surface area contributed by atoms with Gasteiger partial charge in [-0.25, -0.2) is 9.97 Å². The van der Waals surface area contributed by atoms with Crippen LogP contribution in [0.3, 0.4) is 0 Å². The smallest absolute Gasteiger partial charge is 0.180 e. The molecule has 18 heavy (non-hydrogen) atoms. The van der Waals surface area contributed by atoms with Crippen LogP contribution in [0.5, 0.6) is 0 Å². The molecule has 0 saturated heterocycles. The Hall–Kier alpha value is -1.72. The van der Waals surface area contributed by atoms with Crippen molar-refractivity contribution < 1.29 is 4.74 Å². The maximum atomic E-state index is 5.80. The zero-order valence-corrected chi connectivity index (χ0v) is 10.9. The molecule has 0 fully saturated rings. The summed E-state index contributed by atoms with van der Waals surface area (Å²) in [6.07, 6.45) is 1.57. The first-order chi connectivity index (χ1) is 8.72. The van der Waals surface area contributed by atoms with Crippen molar-refractivity contribution in [3.63, 3.8) is 0 Å². The molecule has 5 nitrogen and oxygen atoms in total. The molecule has 2 aromatic rings. The molecular weight excluding hydrogens is 252 g/mol. The summed E-state index contributed by atoms with van der Waals surface area (Å²) in [5.41, 5.74) is 1.47. The van der Waals surface area contributed by atoms with E-state index in [1.165, 1.54) is 0 Å². The molecule has 0 amide bonds. The Bertz CT molecular complexity index is 530. The summed E-state index contributed by atoms with van der Waals surface area (Å²) in [7, 11) is 3.43. The molecule has 2 heterocycles. The topological polar surface area (TPSA) is 59.9 Å². The van der Waals surface area contributed by atoms with Gasteiger partial charge in [-0.3, -0.25) is 4.98 Å². The number of hydrogen-bond acceptors (Lipinski definition) is 5. The molecule has 0 bridgehead atoms. The van der Waals surface area contributed by atoms with Crippen molar-refractivity contribution in [1.82, 2.24) is 15.0 Å². The number of anilines is 1. The average molecular weight is 265 g/mol. The molecule has 0 saturated carbocycles. The van der Waals surface area contributed by atoms with Gasteiger partial charge < -0.3 is 10.1 Å². The largest absolute Gasteiger partial charge is 0.378 e. The van der Waals surface area contributed by atoms with Gasteiger partial charge in [0.05, 0.1) is 17.3 Å². The zero-order chi connectivity index (χ0) is 13.0. The second-order valence-corrected chi connectivity index (χ2v) is 4.05. The molecule has 2 rings (SSSR count). The van der Waals surface area contributed by atoms with Gasteiger partial charge in [0, 0.05) is 26.4 Å². The number of pyridine rings is 1. The van der Waals surface area contributed by atoms with E-state index in [0.717, 1.165) is 11.5 Å². The van der Waals surface area contributed by atoms with Crippen LogP contribution in [0.2, 0.25) is 5.02 Å². The van der Waals surface area contributed by atoms with Gasteiger partial charge in [-0.15, -0.1) is 0 Å². The lowest BCUT2D eigenvalue weighted by atomic mass is 10.3. The monoisotopic (exact) mass is 264 g/mol. The second-order valence-electron chi connectivity index (χ2n) is 3.61. The summed E-state index contributed by atoms with van der Waals surface area (Å²) >= 11 is 5.80. The predicted molar refractivity (Wildman–Crippen MR) is 70.5 cm³/mol. The lowest BCUT2D eigenvalue weighted by Gasteiger charge is -2.06. The van der Waals surface area contributed by atoms with Crippen LogP contribution in [0.4, 0.5) is 5.82 Å². The van der Waals surface area contributed by atoms with Crippen molar-refractivity contribution in [2.45, 2.75) is 6.61 Å². The minimum Gasteiger partial charge on any atom is -0.378 e. The standard InChI is InChI=1S/C12H13ClN4O/c1-14-11-5-9(7-18-2)16-12(17-11)10-4-3-8(13)6-15-10/h3-6H,7H2,1-2H3,(H,14,16,17). The molecule has 0 unspecified atom stereocenters. The fraction of sp³-hybridized carbons (Fsp3) is 0.250. The van der Waals surface area contributed by atoms with Crippen LogP contribution in [-0.2, 0) is 11.3 Å². The van der Waals surface area contributed by atoms with Gasteiger partial charge in [0.15, 0.2) is 5.82 Å². The third kappa shape index (κ3) is 2.94. The van der Waals surface area contributed by atoms with Crippen LogP contribution >= 0.6 is 11.6 Å². The molecule has 2 aromatic heterocycles. The molecule has 6 heteroatoms. The van der Waals surface area contributed by atoms with E-state index in [1.54, 1.807) is 32.5 Å². The Morgan fingerprint density at radius 1 is 1.33 bits per heavy atom. The lowest BCUT2D eigenvalue weighted by molar-refractivity contribution is 0.181. The minimum atomic E-state index is 0.428. The normalized spacial score (nSPS) is 10.4. The summed E-state index contributed by atoms with van der Waals surface area (Å²) < 4.78 is 5.08. The highest BCUT2D eigenvalue weighted by atomic mass is 35.5. The molecule has 0 spiro atoms. The fourth-order valence-electron chi connectivity index (χ4n) is 1.47. The predicted octanol–water partition coefficient (Wildman–Crippen LogP) is 2.38. The maximum absolute atomic E-state index is 5.80. The summed E-state index contributed by atoms with van der Waals surface area (Å²) in [5.74, 6) is 1.27. The van der Waals surface area contributed by atoms with Crippen molar-refractivity contribution in [2.75, 3.05) is 19.5 Å². The third-order valence-electron chi connectivity index (χ3n) is 2.28. The molecule has 0 aliphatic rings. The Balaban J connectivity index is 2.42. The number of aromatic nitrogens is 3. The van der Waals surface area contributed by atoms with Gasteiger partial charge in [-0.1, -0.05) is 11.6 Å². The quantitative estimate of drug-likeness (QED) is 0.919. The maximum Gasteiger partial charge on any atom is 0.180 e. The number of methoxy groups -OCH3 is 1. The van der Waals surface area contributed by atoms with E-state index >= 15 is 0 Å². The Morgan fingerprint density at radius 3 is 2.78 bits per heavy atom.